The van der Waals surface area contributed by atoms with E-state index in [1.807, 2.05) is 20.8 Å². The van der Waals surface area contributed by atoms with Crippen molar-refractivity contribution in [3.8, 4) is 0 Å². The molecule has 0 aliphatic heterocycles. The first-order valence-corrected chi connectivity index (χ1v) is 14.9. The normalized spacial score (nSPS) is 12.8. The lowest BCUT2D eigenvalue weighted by atomic mass is 10.1. The molecule has 40 heavy (non-hydrogen) atoms. The number of aryl methyl sites for hydroxylation is 2. The Morgan fingerprint density at radius 3 is 2.10 bits per heavy atom. The number of amides is 2. The molecule has 0 unspecified atom stereocenters. The molecular weight excluding hydrogens is 529 g/mol. The molecule has 2 amide bonds. The van der Waals surface area contributed by atoms with Crippen LogP contribution in [-0.2, 0) is 26.2 Å². The summed E-state index contributed by atoms with van der Waals surface area (Å²) in [6.45, 7) is 8.76. The topological polar surface area (TPSA) is 86.8 Å². The summed E-state index contributed by atoms with van der Waals surface area (Å²) in [5.41, 5.74) is 2.57. The number of sulfonamides is 1. The van der Waals surface area contributed by atoms with Crippen LogP contribution in [0.1, 0.15) is 50.3 Å². The van der Waals surface area contributed by atoms with Gasteiger partial charge in [-0.1, -0.05) is 61.9 Å². The number of hydrogen-bond donors (Lipinski definition) is 1. The Labute approximate surface area is 237 Å². The smallest absolute Gasteiger partial charge is 0.264 e. The number of hydrogen-bond acceptors (Lipinski definition) is 4. The molecule has 2 atom stereocenters. The van der Waals surface area contributed by atoms with Crippen molar-refractivity contribution in [3.63, 3.8) is 0 Å². The summed E-state index contributed by atoms with van der Waals surface area (Å²) < 4.78 is 42.6. The molecule has 7 nitrogen and oxygen atoms in total. The fourth-order valence-corrected chi connectivity index (χ4v) is 5.82. The second-order valence-corrected chi connectivity index (χ2v) is 11.9. The van der Waals surface area contributed by atoms with Gasteiger partial charge in [0.1, 0.15) is 18.4 Å². The fraction of sp³-hybridized carbons (Fsp3) is 0.355. The maximum absolute atomic E-state index is 14.1. The molecule has 0 radical (unpaired) electrons. The monoisotopic (exact) mass is 567 g/mol. The number of halogens is 1. The van der Waals surface area contributed by atoms with Crippen LogP contribution < -0.4 is 9.62 Å². The van der Waals surface area contributed by atoms with Crippen LogP contribution in [0.15, 0.2) is 77.7 Å². The summed E-state index contributed by atoms with van der Waals surface area (Å²) in [5, 5.41) is 2.94. The number of benzene rings is 3. The van der Waals surface area contributed by atoms with Crippen LogP contribution in [0.2, 0.25) is 0 Å². The minimum absolute atomic E-state index is 0.0116. The van der Waals surface area contributed by atoms with E-state index in [9.17, 15) is 22.4 Å². The standard InChI is InChI=1S/C31H38FN3O4S/c1-6-24(5)33-31(37)28(7-2)34(20-25-14-16-26(32)17-15-25)30(36)21-35(29-11-9-8-10-23(29)4)40(38,39)27-18-12-22(3)13-19-27/h8-19,24,28H,6-7,20-21H2,1-5H3,(H,33,37)/t24-,28-/m1/s1. The fourth-order valence-electron chi connectivity index (χ4n) is 4.34. The lowest BCUT2D eigenvalue weighted by Crippen LogP contribution is -2.53. The number of carbonyl (C=O) groups is 2. The third kappa shape index (κ3) is 7.47. The molecule has 9 heteroatoms. The molecule has 0 aliphatic rings. The summed E-state index contributed by atoms with van der Waals surface area (Å²) >= 11 is 0. The molecule has 214 valence electrons. The zero-order valence-electron chi connectivity index (χ0n) is 23.7. The van der Waals surface area contributed by atoms with Gasteiger partial charge in [0.2, 0.25) is 11.8 Å². The summed E-state index contributed by atoms with van der Waals surface area (Å²) in [4.78, 5) is 28.8. The van der Waals surface area contributed by atoms with Gasteiger partial charge in [0.05, 0.1) is 10.6 Å². The van der Waals surface area contributed by atoms with Crippen LogP contribution in [0.3, 0.4) is 0 Å². The van der Waals surface area contributed by atoms with Crippen molar-refractivity contribution in [1.29, 1.82) is 0 Å². The third-order valence-electron chi connectivity index (χ3n) is 6.93. The molecule has 3 rings (SSSR count). The first-order valence-electron chi connectivity index (χ1n) is 13.5. The summed E-state index contributed by atoms with van der Waals surface area (Å²) in [6.07, 6.45) is 1.02. The van der Waals surface area contributed by atoms with Gasteiger partial charge in [-0.2, -0.15) is 0 Å². The van der Waals surface area contributed by atoms with E-state index in [2.05, 4.69) is 5.32 Å². The molecule has 0 heterocycles. The van der Waals surface area contributed by atoms with E-state index < -0.39 is 34.3 Å². The zero-order chi connectivity index (χ0) is 29.4. The van der Waals surface area contributed by atoms with Gasteiger partial charge < -0.3 is 10.2 Å². The summed E-state index contributed by atoms with van der Waals surface area (Å²) in [7, 11) is -4.14. The van der Waals surface area contributed by atoms with Crippen LogP contribution in [-0.4, -0.2) is 43.8 Å². The van der Waals surface area contributed by atoms with E-state index in [0.29, 0.717) is 29.7 Å². The number of nitrogens with one attached hydrogen (secondary N) is 1. The van der Waals surface area contributed by atoms with Gasteiger partial charge in [-0.05, 0) is 75.1 Å². The highest BCUT2D eigenvalue weighted by Gasteiger charge is 2.34. The van der Waals surface area contributed by atoms with Gasteiger partial charge in [0, 0.05) is 12.6 Å². The molecule has 0 saturated heterocycles. The van der Waals surface area contributed by atoms with E-state index >= 15 is 0 Å². The van der Waals surface area contributed by atoms with Crippen LogP contribution >= 0.6 is 0 Å². The van der Waals surface area contributed by atoms with Gasteiger partial charge in [0.15, 0.2) is 0 Å². The van der Waals surface area contributed by atoms with Crippen molar-refractivity contribution in [2.45, 2.75) is 71.0 Å². The Bertz CT molecular complexity index is 1410. The van der Waals surface area contributed by atoms with Crippen LogP contribution in [0.5, 0.6) is 0 Å². The van der Waals surface area contributed by atoms with Crippen molar-refractivity contribution >= 4 is 27.5 Å². The second-order valence-electron chi connectivity index (χ2n) is 10.0. The molecule has 0 aromatic heterocycles. The second kappa shape index (κ2) is 13.6. The number of rotatable bonds is 12. The van der Waals surface area contributed by atoms with Crippen LogP contribution in [0, 0.1) is 19.7 Å². The van der Waals surface area contributed by atoms with Crippen molar-refractivity contribution in [2.24, 2.45) is 0 Å². The highest BCUT2D eigenvalue weighted by Crippen LogP contribution is 2.27. The quantitative estimate of drug-likeness (QED) is 0.319. The number of para-hydroxylation sites is 1. The van der Waals surface area contributed by atoms with E-state index in [4.69, 9.17) is 0 Å². The minimum atomic E-state index is -4.14. The number of anilines is 1. The van der Waals surface area contributed by atoms with Crippen molar-refractivity contribution in [2.75, 3.05) is 10.8 Å². The molecule has 0 spiro atoms. The van der Waals surface area contributed by atoms with Crippen molar-refractivity contribution in [3.05, 3.63) is 95.3 Å². The molecule has 3 aromatic rings. The predicted molar refractivity (Wildman–Crippen MR) is 156 cm³/mol. The van der Waals surface area contributed by atoms with Gasteiger partial charge in [-0.15, -0.1) is 0 Å². The first-order chi connectivity index (χ1) is 19.0. The van der Waals surface area contributed by atoms with Crippen LogP contribution in [0.25, 0.3) is 0 Å². The minimum Gasteiger partial charge on any atom is -0.352 e. The molecule has 0 fully saturated rings. The molecule has 3 aromatic carbocycles. The maximum atomic E-state index is 14.1. The largest absolute Gasteiger partial charge is 0.352 e. The maximum Gasteiger partial charge on any atom is 0.264 e. The Morgan fingerprint density at radius 1 is 0.900 bits per heavy atom. The molecular formula is C31H38FN3O4S. The average Bonchev–Trinajstić information content (AvgIpc) is 2.93. The first kappa shape index (κ1) is 30.8. The Hall–Kier alpha value is -3.72. The lowest BCUT2D eigenvalue weighted by Gasteiger charge is -2.34. The summed E-state index contributed by atoms with van der Waals surface area (Å²) in [5.74, 6) is -1.29. The SMILES string of the molecule is CC[C@@H](C)NC(=O)[C@@H](CC)N(Cc1ccc(F)cc1)C(=O)CN(c1ccccc1C)S(=O)(=O)c1ccc(C)cc1. The van der Waals surface area contributed by atoms with Crippen LogP contribution in [0.4, 0.5) is 10.1 Å². The van der Waals surface area contributed by atoms with Gasteiger partial charge in [-0.3, -0.25) is 13.9 Å². The number of nitrogens with zero attached hydrogens (tertiary/aromatic N) is 2. The highest BCUT2D eigenvalue weighted by molar-refractivity contribution is 7.92. The summed E-state index contributed by atoms with van der Waals surface area (Å²) in [6, 6.07) is 18.1. The zero-order valence-corrected chi connectivity index (χ0v) is 24.5. The molecule has 0 bridgehead atoms. The highest BCUT2D eigenvalue weighted by atomic mass is 32.2. The predicted octanol–water partition coefficient (Wildman–Crippen LogP) is 5.36. The van der Waals surface area contributed by atoms with Crippen molar-refractivity contribution in [1.82, 2.24) is 10.2 Å². The van der Waals surface area contributed by atoms with E-state index in [1.54, 1.807) is 62.4 Å². The van der Waals surface area contributed by atoms with E-state index in [1.165, 1.54) is 29.2 Å². The average molecular weight is 568 g/mol. The Balaban J connectivity index is 2.06. The van der Waals surface area contributed by atoms with Crippen molar-refractivity contribution < 1.29 is 22.4 Å². The molecule has 0 aliphatic carbocycles. The third-order valence-corrected chi connectivity index (χ3v) is 8.70. The molecule has 0 saturated carbocycles. The van der Waals surface area contributed by atoms with Gasteiger partial charge in [-0.25, -0.2) is 12.8 Å². The Morgan fingerprint density at radius 2 is 1.52 bits per heavy atom. The molecule has 1 N–H and O–H groups in total. The Kier molecular flexibility index (Phi) is 10.5. The van der Waals surface area contributed by atoms with Gasteiger partial charge in [0.25, 0.3) is 10.0 Å². The lowest BCUT2D eigenvalue weighted by molar-refractivity contribution is -0.140. The number of carbonyl (C=O) groups excluding carboxylic acids is 2. The van der Waals surface area contributed by atoms with E-state index in [-0.39, 0.29) is 23.4 Å². The van der Waals surface area contributed by atoms with E-state index in [0.717, 1.165) is 9.87 Å². The van der Waals surface area contributed by atoms with Gasteiger partial charge >= 0.3 is 0 Å².